The third-order valence-electron chi connectivity index (χ3n) is 4.32. The van der Waals surface area contributed by atoms with Crippen LogP contribution in [0.15, 0.2) is 30.3 Å². The van der Waals surface area contributed by atoms with E-state index in [0.29, 0.717) is 10.8 Å². The highest BCUT2D eigenvalue weighted by Crippen LogP contribution is 2.37. The van der Waals surface area contributed by atoms with E-state index in [1.807, 2.05) is 0 Å². The molecule has 1 heterocycles. The monoisotopic (exact) mass is 291 g/mol. The van der Waals surface area contributed by atoms with Crippen molar-refractivity contribution in [1.82, 2.24) is 5.32 Å². The van der Waals surface area contributed by atoms with Crippen LogP contribution in [-0.4, -0.2) is 17.0 Å². The van der Waals surface area contributed by atoms with Crippen LogP contribution in [-0.2, 0) is 0 Å². The first-order chi connectivity index (χ1) is 9.73. The van der Waals surface area contributed by atoms with Crippen molar-refractivity contribution in [2.75, 3.05) is 12.3 Å². The summed E-state index contributed by atoms with van der Waals surface area (Å²) in [6, 6.07) is 11.5. The highest BCUT2D eigenvalue weighted by Gasteiger charge is 2.29. The third kappa shape index (κ3) is 4.82. The molecule has 1 saturated heterocycles. The van der Waals surface area contributed by atoms with Crippen LogP contribution in [0.4, 0.5) is 0 Å². The molecular weight excluding hydrogens is 262 g/mol. The first-order valence-corrected chi connectivity index (χ1v) is 9.14. The number of unbranched alkanes of at least 4 members (excludes halogenated alkanes) is 2. The standard InChI is InChI=1S/C18H29NS/c1-3-4-6-12-17(16-10-7-5-8-11-16)19-15-18(2)13-9-14-20-18/h5,7-8,10-11,17,19H,3-4,6,9,12-15H2,1-2H3. The van der Waals surface area contributed by atoms with Crippen molar-refractivity contribution in [2.24, 2.45) is 0 Å². The van der Waals surface area contributed by atoms with Crippen molar-refractivity contribution in [3.63, 3.8) is 0 Å². The van der Waals surface area contributed by atoms with Crippen LogP contribution >= 0.6 is 11.8 Å². The lowest BCUT2D eigenvalue weighted by Gasteiger charge is -2.27. The fraction of sp³-hybridized carbons (Fsp3) is 0.667. The Bertz CT molecular complexity index is 370. The van der Waals surface area contributed by atoms with Gasteiger partial charge in [-0.3, -0.25) is 0 Å². The molecule has 1 aromatic carbocycles. The number of nitrogens with one attached hydrogen (secondary N) is 1. The minimum Gasteiger partial charge on any atom is -0.309 e. The zero-order chi connectivity index (χ0) is 14.3. The summed E-state index contributed by atoms with van der Waals surface area (Å²) in [5, 5.41) is 3.86. The molecule has 1 aliphatic rings. The largest absolute Gasteiger partial charge is 0.309 e. The second-order valence-corrected chi connectivity index (χ2v) is 7.92. The number of hydrogen-bond acceptors (Lipinski definition) is 2. The van der Waals surface area contributed by atoms with Crippen LogP contribution in [0.25, 0.3) is 0 Å². The third-order valence-corrected chi connectivity index (χ3v) is 5.86. The molecule has 1 nitrogen and oxygen atoms in total. The molecule has 0 aromatic heterocycles. The van der Waals surface area contributed by atoms with Crippen LogP contribution in [0, 0.1) is 0 Å². The Hall–Kier alpha value is -0.470. The summed E-state index contributed by atoms with van der Waals surface area (Å²) in [4.78, 5) is 0. The molecule has 20 heavy (non-hydrogen) atoms. The zero-order valence-corrected chi connectivity index (χ0v) is 13.8. The summed E-state index contributed by atoms with van der Waals surface area (Å²) in [7, 11) is 0. The van der Waals surface area contributed by atoms with Crippen LogP contribution in [0.1, 0.15) is 64.0 Å². The molecule has 1 N–H and O–H groups in total. The van der Waals surface area contributed by atoms with Crippen molar-refractivity contribution < 1.29 is 0 Å². The van der Waals surface area contributed by atoms with Gasteiger partial charge in [0.05, 0.1) is 0 Å². The van der Waals surface area contributed by atoms with Crippen molar-refractivity contribution in [3.05, 3.63) is 35.9 Å². The minimum atomic E-state index is 0.456. The second kappa shape index (κ2) is 8.09. The van der Waals surface area contributed by atoms with Gasteiger partial charge in [0.1, 0.15) is 0 Å². The van der Waals surface area contributed by atoms with Gasteiger partial charge in [-0.25, -0.2) is 0 Å². The number of benzene rings is 1. The molecule has 1 aromatic rings. The van der Waals surface area contributed by atoms with Crippen molar-refractivity contribution >= 4 is 11.8 Å². The quantitative estimate of drug-likeness (QED) is 0.662. The van der Waals surface area contributed by atoms with Gasteiger partial charge in [-0.15, -0.1) is 0 Å². The number of hydrogen-bond donors (Lipinski definition) is 1. The molecule has 0 spiro atoms. The van der Waals surface area contributed by atoms with E-state index in [1.54, 1.807) is 0 Å². The summed E-state index contributed by atoms with van der Waals surface area (Å²) in [5.74, 6) is 1.34. The summed E-state index contributed by atoms with van der Waals surface area (Å²) in [5.41, 5.74) is 1.45. The lowest BCUT2D eigenvalue weighted by Crippen LogP contribution is -2.35. The molecule has 0 radical (unpaired) electrons. The van der Waals surface area contributed by atoms with Gasteiger partial charge in [-0.1, -0.05) is 56.5 Å². The highest BCUT2D eigenvalue weighted by molar-refractivity contribution is 8.00. The van der Waals surface area contributed by atoms with E-state index in [4.69, 9.17) is 0 Å². The molecule has 0 amide bonds. The maximum absolute atomic E-state index is 3.86. The van der Waals surface area contributed by atoms with Crippen LogP contribution in [0.3, 0.4) is 0 Å². The van der Waals surface area contributed by atoms with Crippen molar-refractivity contribution in [1.29, 1.82) is 0 Å². The molecule has 2 rings (SSSR count). The van der Waals surface area contributed by atoms with Crippen LogP contribution in [0.2, 0.25) is 0 Å². The topological polar surface area (TPSA) is 12.0 Å². The lowest BCUT2D eigenvalue weighted by molar-refractivity contribution is 0.437. The molecule has 112 valence electrons. The van der Waals surface area contributed by atoms with E-state index in [-0.39, 0.29) is 0 Å². The maximum Gasteiger partial charge on any atom is 0.0320 e. The van der Waals surface area contributed by atoms with Gasteiger partial charge in [0.2, 0.25) is 0 Å². The smallest absolute Gasteiger partial charge is 0.0320 e. The van der Waals surface area contributed by atoms with Crippen LogP contribution < -0.4 is 5.32 Å². The molecule has 1 aliphatic heterocycles. The van der Waals surface area contributed by atoms with E-state index >= 15 is 0 Å². The van der Waals surface area contributed by atoms with Gasteiger partial charge < -0.3 is 5.32 Å². The van der Waals surface area contributed by atoms with Gasteiger partial charge in [0.25, 0.3) is 0 Å². The second-order valence-electron chi connectivity index (χ2n) is 6.24. The molecule has 0 aliphatic carbocycles. The number of thioether (sulfide) groups is 1. The molecule has 2 unspecified atom stereocenters. The molecule has 2 atom stereocenters. The molecule has 2 heteroatoms. The van der Waals surface area contributed by atoms with E-state index < -0.39 is 0 Å². The summed E-state index contributed by atoms with van der Waals surface area (Å²) in [6.45, 7) is 5.84. The normalized spacial score (nSPS) is 23.9. The Balaban J connectivity index is 1.92. The average molecular weight is 292 g/mol. The Morgan fingerprint density at radius 1 is 1.25 bits per heavy atom. The predicted molar refractivity (Wildman–Crippen MR) is 91.4 cm³/mol. The van der Waals surface area contributed by atoms with E-state index in [2.05, 4.69) is 61.3 Å². The zero-order valence-electron chi connectivity index (χ0n) is 13.0. The van der Waals surface area contributed by atoms with E-state index in [1.165, 1.54) is 49.8 Å². The molecule has 1 fully saturated rings. The molecule has 0 bridgehead atoms. The first-order valence-electron chi connectivity index (χ1n) is 8.16. The van der Waals surface area contributed by atoms with Gasteiger partial charge >= 0.3 is 0 Å². The minimum absolute atomic E-state index is 0.456. The van der Waals surface area contributed by atoms with E-state index in [0.717, 1.165) is 6.54 Å². The van der Waals surface area contributed by atoms with Crippen LogP contribution in [0.5, 0.6) is 0 Å². The predicted octanol–water partition coefficient (Wildman–Crippen LogP) is 5.18. The summed E-state index contributed by atoms with van der Waals surface area (Å²) in [6.07, 6.45) is 7.98. The maximum atomic E-state index is 3.86. The molecular formula is C18H29NS. The fourth-order valence-corrected chi connectivity index (χ4v) is 4.24. The van der Waals surface area contributed by atoms with Gasteiger partial charge in [-0.2, -0.15) is 11.8 Å². The van der Waals surface area contributed by atoms with E-state index in [9.17, 15) is 0 Å². The summed E-state index contributed by atoms with van der Waals surface area (Å²) >= 11 is 2.15. The first kappa shape index (κ1) is 15.9. The Morgan fingerprint density at radius 3 is 2.70 bits per heavy atom. The SMILES string of the molecule is CCCCCC(NCC1(C)CCCS1)c1ccccc1. The highest BCUT2D eigenvalue weighted by atomic mass is 32.2. The van der Waals surface area contributed by atoms with Crippen molar-refractivity contribution in [2.45, 2.75) is 63.2 Å². The average Bonchev–Trinajstić information content (AvgIpc) is 2.91. The Kier molecular flexibility index (Phi) is 6.44. The van der Waals surface area contributed by atoms with Gasteiger partial charge in [0, 0.05) is 17.3 Å². The Labute approximate surface area is 128 Å². The Morgan fingerprint density at radius 2 is 2.05 bits per heavy atom. The van der Waals surface area contributed by atoms with Gasteiger partial charge in [0.15, 0.2) is 0 Å². The molecule has 0 saturated carbocycles. The van der Waals surface area contributed by atoms with Gasteiger partial charge in [-0.05, 0) is 37.5 Å². The van der Waals surface area contributed by atoms with Crippen molar-refractivity contribution in [3.8, 4) is 0 Å². The fourth-order valence-electron chi connectivity index (χ4n) is 2.99. The summed E-state index contributed by atoms with van der Waals surface area (Å²) < 4.78 is 0.456. The number of rotatable bonds is 8. The lowest BCUT2D eigenvalue weighted by atomic mass is 9.98.